The Morgan fingerprint density at radius 3 is 2.52 bits per heavy atom. The summed E-state index contributed by atoms with van der Waals surface area (Å²) in [5.41, 5.74) is 2.27. The van der Waals surface area contributed by atoms with Gasteiger partial charge in [0.15, 0.2) is 17.7 Å². The lowest BCUT2D eigenvalue weighted by molar-refractivity contribution is -0.0469. The van der Waals surface area contributed by atoms with Crippen molar-refractivity contribution in [3.63, 3.8) is 0 Å². The van der Waals surface area contributed by atoms with Gasteiger partial charge in [-0.3, -0.25) is 4.57 Å². The smallest absolute Gasteiger partial charge is 0.387 e. The minimum absolute atomic E-state index is 0.0931. The number of rotatable bonds is 8. The maximum atomic E-state index is 11.6. The fourth-order valence-electron chi connectivity index (χ4n) is 2.62. The number of hydrogen-bond donors (Lipinski definition) is 7. The fraction of sp³-hybridized carbons (Fsp3) is 0.500. The number of phosphoric acid groups is 2. The lowest BCUT2D eigenvalue weighted by Crippen LogP contribution is -2.33. The molecule has 6 atom stereocenters. The molecule has 1 aliphatic rings. The minimum atomic E-state index is -5.37. The molecule has 1 fully saturated rings. The number of aliphatic hydroxyl groups excluding tert-OH is 2. The van der Waals surface area contributed by atoms with Crippen LogP contribution in [-0.4, -0.2) is 69.3 Å². The van der Waals surface area contributed by atoms with E-state index in [0.29, 0.717) is 0 Å². The van der Waals surface area contributed by atoms with E-state index in [9.17, 15) is 24.2 Å². The highest BCUT2D eigenvalue weighted by Gasteiger charge is 2.45. The van der Waals surface area contributed by atoms with Gasteiger partial charge in [0.1, 0.15) is 30.2 Å². The van der Waals surface area contributed by atoms with E-state index < -0.39 is 52.5 Å². The van der Waals surface area contributed by atoms with Crippen molar-refractivity contribution in [3.8, 4) is 0 Å². The van der Waals surface area contributed by atoms with Gasteiger partial charge in [-0.1, -0.05) is 12.2 Å². The van der Waals surface area contributed by atoms with Crippen LogP contribution in [0, 0.1) is 0 Å². The van der Waals surface area contributed by atoms with Crippen LogP contribution in [-0.2, 0) is 38.8 Å². The largest absolute Gasteiger partial charge is 0.487 e. The second-order valence-corrected chi connectivity index (χ2v) is 14.3. The average molecular weight is 539 g/mol. The van der Waals surface area contributed by atoms with Crippen molar-refractivity contribution in [1.82, 2.24) is 19.5 Å². The molecule has 2 aromatic heterocycles. The van der Waals surface area contributed by atoms with E-state index in [1.54, 1.807) is 0 Å². The molecule has 0 bridgehead atoms. The van der Waals surface area contributed by atoms with E-state index in [2.05, 4.69) is 35.8 Å². The van der Waals surface area contributed by atoms with Crippen LogP contribution in [0.25, 0.3) is 11.2 Å². The van der Waals surface area contributed by atoms with Gasteiger partial charge in [-0.15, -0.1) is 0 Å². The molecule has 0 saturated carbocycles. The molecule has 174 valence electrons. The highest BCUT2D eigenvalue weighted by molar-refractivity contribution is 8.60. The van der Waals surface area contributed by atoms with Crippen LogP contribution in [0.4, 0.5) is 5.82 Å². The first kappa shape index (κ1) is 25.1. The molecule has 3 rings (SSSR count). The second-order valence-electron chi connectivity index (χ2n) is 6.02. The summed E-state index contributed by atoms with van der Waals surface area (Å²) in [5, 5.41) is 20.6. The Kier molecular flexibility index (Phi) is 7.29. The summed E-state index contributed by atoms with van der Waals surface area (Å²) in [4.78, 5) is 38.4. The van der Waals surface area contributed by atoms with Crippen LogP contribution in [0.2, 0.25) is 0 Å². The molecule has 1 saturated heterocycles. The fourth-order valence-corrected chi connectivity index (χ4v) is 7.63. The van der Waals surface area contributed by atoms with Crippen molar-refractivity contribution in [1.29, 1.82) is 0 Å². The Morgan fingerprint density at radius 2 is 1.87 bits per heavy atom. The van der Waals surface area contributed by atoms with Crippen LogP contribution < -0.4 is 5.73 Å². The number of aliphatic hydroxyl groups is 2. The number of hydrogen-bond acceptors (Lipinski definition) is 13. The summed E-state index contributed by atoms with van der Waals surface area (Å²) in [5.74, 6) is 0.0931. The first-order chi connectivity index (χ1) is 14.2. The molecular weight excluding hydrogens is 523 g/mol. The molecule has 0 radical (unpaired) electrons. The first-order valence-corrected chi connectivity index (χ1v) is 14.7. The molecule has 16 nitrogen and oxygen atoms in total. The third kappa shape index (κ3) is 6.07. The number of aromatic nitrogens is 4. The molecule has 0 spiro atoms. The van der Waals surface area contributed by atoms with Gasteiger partial charge in [0, 0.05) is 0 Å². The Bertz CT molecular complexity index is 1110. The quantitative estimate of drug-likeness (QED) is 0.164. The molecule has 0 amide bonds. The second kappa shape index (κ2) is 9.00. The lowest BCUT2D eigenvalue weighted by atomic mass is 10.1. The van der Waals surface area contributed by atoms with Crippen LogP contribution in [0.15, 0.2) is 12.7 Å². The van der Waals surface area contributed by atoms with E-state index in [-0.39, 0.29) is 17.0 Å². The molecule has 31 heavy (non-hydrogen) atoms. The average Bonchev–Trinajstić information content (AvgIpc) is 3.13. The predicted molar refractivity (Wildman–Crippen MR) is 109 cm³/mol. The highest BCUT2D eigenvalue weighted by Crippen LogP contribution is 2.69. The number of thiol groups is 1. The SMILES string of the molecule is Nc1ncnc2c1ncn2[C@@H]1O[C@H](COP(=S)(S)OP(=O)(O)OP(=O)(O)O)[C@@H](O)[C@H]1O. The van der Waals surface area contributed by atoms with Crippen LogP contribution >= 0.6 is 33.6 Å². The molecular formula is C10H16N5O11P3S2. The summed E-state index contributed by atoms with van der Waals surface area (Å²) < 4.78 is 42.3. The Hall–Kier alpha value is -0.550. The summed E-state index contributed by atoms with van der Waals surface area (Å²) in [6.07, 6.45) is -2.90. The van der Waals surface area contributed by atoms with E-state index in [1.807, 2.05) is 0 Å². The first-order valence-electron chi connectivity index (χ1n) is 7.92. The van der Waals surface area contributed by atoms with Crippen LogP contribution in [0.1, 0.15) is 6.23 Å². The van der Waals surface area contributed by atoms with Gasteiger partial charge in [-0.2, -0.15) is 4.31 Å². The molecule has 7 N–H and O–H groups in total. The molecule has 3 heterocycles. The zero-order valence-corrected chi connectivity index (χ0v) is 19.3. The van der Waals surface area contributed by atoms with Gasteiger partial charge in [0.2, 0.25) is 0 Å². The van der Waals surface area contributed by atoms with E-state index >= 15 is 0 Å². The monoisotopic (exact) mass is 539 g/mol. The van der Waals surface area contributed by atoms with E-state index in [4.69, 9.17) is 36.6 Å². The molecule has 0 aromatic carbocycles. The third-order valence-corrected chi connectivity index (χ3v) is 9.54. The molecule has 2 aromatic rings. The van der Waals surface area contributed by atoms with Crippen molar-refractivity contribution < 1.29 is 51.9 Å². The van der Waals surface area contributed by atoms with Crippen molar-refractivity contribution >= 4 is 62.4 Å². The van der Waals surface area contributed by atoms with Gasteiger partial charge in [-0.05, 0) is 11.8 Å². The van der Waals surface area contributed by atoms with Crippen molar-refractivity contribution in [2.75, 3.05) is 12.3 Å². The summed E-state index contributed by atoms with van der Waals surface area (Å²) >= 11 is 8.56. The van der Waals surface area contributed by atoms with Crippen molar-refractivity contribution in [2.45, 2.75) is 24.5 Å². The van der Waals surface area contributed by atoms with Gasteiger partial charge in [-0.25, -0.2) is 28.4 Å². The van der Waals surface area contributed by atoms with Crippen LogP contribution in [0.3, 0.4) is 0 Å². The minimum Gasteiger partial charge on any atom is -0.387 e. The topological polar surface area (TPSA) is 242 Å². The standard InChI is InChI=1S/C10H16N5O11P3S2/c11-8-5-9(13-2-12-8)15(3-14-5)10-7(17)6(16)4(24-10)1-23-29(30,31)26-28(21,22)25-27(18,19)20/h2-4,6-7,10,16-17H,1H2,(H,21,22)(H,30,31)(H2,11,12,13)(H2,18,19,20)/t4-,6-,7-,10-/m1/s1. The Labute approximate surface area is 183 Å². The van der Waals surface area contributed by atoms with Gasteiger partial charge >= 0.3 is 15.6 Å². The van der Waals surface area contributed by atoms with Gasteiger partial charge in [0.05, 0.1) is 12.9 Å². The maximum Gasteiger partial charge on any atom is 0.487 e. The number of anilines is 1. The zero-order valence-electron chi connectivity index (χ0n) is 14.9. The van der Waals surface area contributed by atoms with E-state index in [1.165, 1.54) is 17.2 Å². The normalized spacial score (nSPS) is 28.5. The molecule has 2 unspecified atom stereocenters. The number of imidazole rings is 1. The predicted octanol–water partition coefficient (Wildman–Crippen LogP) is -0.575. The van der Waals surface area contributed by atoms with Crippen LogP contribution in [0.5, 0.6) is 0 Å². The summed E-state index contributed by atoms with van der Waals surface area (Å²) in [7, 11) is -10.7. The zero-order chi connectivity index (χ0) is 23.2. The van der Waals surface area contributed by atoms with Gasteiger partial charge < -0.3 is 39.9 Å². The number of nitrogens with two attached hydrogens (primary N) is 1. The summed E-state index contributed by atoms with van der Waals surface area (Å²) in [6, 6.07) is 0. The Morgan fingerprint density at radius 1 is 1.19 bits per heavy atom. The number of nitrogen functional groups attached to an aromatic ring is 1. The van der Waals surface area contributed by atoms with Crippen molar-refractivity contribution in [3.05, 3.63) is 12.7 Å². The molecule has 1 aliphatic heterocycles. The third-order valence-electron chi connectivity index (χ3n) is 3.82. The lowest BCUT2D eigenvalue weighted by Gasteiger charge is -2.22. The number of fused-ring (bicyclic) bond motifs is 1. The molecule has 0 aliphatic carbocycles. The summed E-state index contributed by atoms with van der Waals surface area (Å²) in [6.45, 7) is -0.574. The maximum absolute atomic E-state index is 11.6. The molecule has 21 heteroatoms. The van der Waals surface area contributed by atoms with Crippen molar-refractivity contribution in [2.24, 2.45) is 0 Å². The highest BCUT2D eigenvalue weighted by atomic mass is 32.9. The number of ether oxygens (including phenoxy) is 1. The van der Waals surface area contributed by atoms with Gasteiger partial charge in [0.25, 0.3) is 5.69 Å². The number of nitrogens with zero attached hydrogens (tertiary/aromatic N) is 4. The Balaban J connectivity index is 1.69. The van der Waals surface area contributed by atoms with E-state index in [0.717, 1.165) is 0 Å².